The fraction of sp³-hybridized carbons (Fsp3) is 0.185. The molecule has 2 amide bonds. The lowest BCUT2D eigenvalue weighted by Crippen LogP contribution is -2.26. The van der Waals surface area contributed by atoms with Crippen molar-refractivity contribution in [1.82, 2.24) is 5.32 Å². The summed E-state index contributed by atoms with van der Waals surface area (Å²) in [7, 11) is 1.76. The molecule has 33 heavy (non-hydrogen) atoms. The number of benzene rings is 3. The van der Waals surface area contributed by atoms with E-state index < -0.39 is 0 Å². The number of amides is 2. The molecular formula is C27H28N4O2. The summed E-state index contributed by atoms with van der Waals surface area (Å²) >= 11 is 0. The number of anilines is 2. The molecule has 0 unspecified atom stereocenters. The molecule has 0 spiro atoms. The molecule has 4 N–H and O–H groups in total. The zero-order chi connectivity index (χ0) is 23.2. The van der Waals surface area contributed by atoms with E-state index in [1.54, 1.807) is 36.2 Å². The van der Waals surface area contributed by atoms with Gasteiger partial charge in [0.2, 0.25) is 0 Å². The molecule has 6 heteroatoms. The van der Waals surface area contributed by atoms with Crippen LogP contribution in [0.1, 0.15) is 38.3 Å². The van der Waals surface area contributed by atoms with Gasteiger partial charge in [0.05, 0.1) is 0 Å². The van der Waals surface area contributed by atoms with Crippen LogP contribution >= 0.6 is 0 Å². The molecule has 1 heterocycles. The lowest BCUT2D eigenvalue weighted by Gasteiger charge is -2.19. The maximum atomic E-state index is 13.0. The standard InChI is InChI=1S/C27H28N4O2/c1-31(25-12-8-20(9-13-25)21-14-16-29-17-15-21)27(33)23-6-4-22(5-7-23)26(32)30-24-10-2-19(18-28)3-11-24/h2-14,29H,15-18,28H2,1H3,(H,30,32). The highest BCUT2D eigenvalue weighted by atomic mass is 16.2. The van der Waals surface area contributed by atoms with Crippen molar-refractivity contribution in [3.8, 4) is 0 Å². The molecule has 0 fully saturated rings. The molecule has 4 rings (SSSR count). The second-order valence-corrected chi connectivity index (χ2v) is 8.03. The van der Waals surface area contributed by atoms with Gasteiger partial charge in [0.15, 0.2) is 0 Å². The van der Waals surface area contributed by atoms with Gasteiger partial charge in [0.25, 0.3) is 11.8 Å². The summed E-state index contributed by atoms with van der Waals surface area (Å²) in [6.07, 6.45) is 3.22. The molecule has 0 bridgehead atoms. The van der Waals surface area contributed by atoms with Crippen LogP contribution in [0.2, 0.25) is 0 Å². The Balaban J connectivity index is 1.40. The van der Waals surface area contributed by atoms with Crippen LogP contribution in [0.15, 0.2) is 78.9 Å². The SMILES string of the molecule is CN(C(=O)c1ccc(C(=O)Nc2ccc(CN)cc2)cc1)c1ccc(C2=CCNCC2)cc1. The van der Waals surface area contributed by atoms with Crippen molar-refractivity contribution < 1.29 is 9.59 Å². The average Bonchev–Trinajstić information content (AvgIpc) is 2.89. The molecule has 0 saturated heterocycles. The highest BCUT2D eigenvalue weighted by Gasteiger charge is 2.15. The zero-order valence-electron chi connectivity index (χ0n) is 18.7. The van der Waals surface area contributed by atoms with Crippen LogP contribution in [0.3, 0.4) is 0 Å². The first-order valence-electron chi connectivity index (χ1n) is 11.0. The summed E-state index contributed by atoms with van der Waals surface area (Å²) < 4.78 is 0. The number of carbonyl (C=O) groups is 2. The van der Waals surface area contributed by atoms with Crippen molar-refractivity contribution in [2.45, 2.75) is 13.0 Å². The Morgan fingerprint density at radius 2 is 1.61 bits per heavy atom. The summed E-state index contributed by atoms with van der Waals surface area (Å²) in [6, 6.07) is 22.1. The number of nitrogens with two attached hydrogens (primary N) is 1. The normalized spacial score (nSPS) is 13.2. The molecule has 0 aromatic heterocycles. The Kier molecular flexibility index (Phi) is 6.98. The quantitative estimate of drug-likeness (QED) is 0.540. The topological polar surface area (TPSA) is 87.5 Å². The van der Waals surface area contributed by atoms with E-state index in [-0.39, 0.29) is 11.8 Å². The van der Waals surface area contributed by atoms with Crippen LogP contribution in [0.25, 0.3) is 5.57 Å². The van der Waals surface area contributed by atoms with Crippen molar-refractivity contribution in [2.75, 3.05) is 30.4 Å². The van der Waals surface area contributed by atoms with Crippen LogP contribution < -0.4 is 21.3 Å². The van der Waals surface area contributed by atoms with E-state index >= 15 is 0 Å². The average molecular weight is 441 g/mol. The Morgan fingerprint density at radius 1 is 0.939 bits per heavy atom. The fourth-order valence-electron chi connectivity index (χ4n) is 3.79. The Bertz CT molecular complexity index is 1150. The van der Waals surface area contributed by atoms with E-state index in [0.717, 1.165) is 30.8 Å². The maximum absolute atomic E-state index is 13.0. The van der Waals surface area contributed by atoms with E-state index in [9.17, 15) is 9.59 Å². The van der Waals surface area contributed by atoms with E-state index in [0.29, 0.717) is 23.4 Å². The van der Waals surface area contributed by atoms with Gasteiger partial charge in [-0.2, -0.15) is 0 Å². The van der Waals surface area contributed by atoms with Crippen molar-refractivity contribution in [2.24, 2.45) is 5.73 Å². The van der Waals surface area contributed by atoms with E-state index in [2.05, 4.69) is 28.8 Å². The first-order chi connectivity index (χ1) is 16.0. The molecule has 0 aliphatic carbocycles. The van der Waals surface area contributed by atoms with Gasteiger partial charge in [-0.1, -0.05) is 30.3 Å². The molecule has 168 valence electrons. The molecule has 0 atom stereocenters. The van der Waals surface area contributed by atoms with Gasteiger partial charge in [-0.05, 0) is 78.2 Å². The Morgan fingerprint density at radius 3 is 2.21 bits per heavy atom. The predicted molar refractivity (Wildman–Crippen MR) is 133 cm³/mol. The number of hydrogen-bond donors (Lipinski definition) is 3. The third-order valence-corrected chi connectivity index (χ3v) is 5.84. The van der Waals surface area contributed by atoms with Crippen molar-refractivity contribution >= 4 is 28.8 Å². The molecule has 6 nitrogen and oxygen atoms in total. The second-order valence-electron chi connectivity index (χ2n) is 8.03. The second kappa shape index (κ2) is 10.3. The Hall–Kier alpha value is -3.74. The number of carbonyl (C=O) groups excluding carboxylic acids is 2. The van der Waals surface area contributed by atoms with Crippen LogP contribution in [-0.2, 0) is 6.54 Å². The summed E-state index contributed by atoms with van der Waals surface area (Å²) in [4.78, 5) is 27.1. The number of nitrogens with zero attached hydrogens (tertiary/aromatic N) is 1. The first kappa shape index (κ1) is 22.5. The summed E-state index contributed by atoms with van der Waals surface area (Å²) in [5, 5.41) is 6.17. The van der Waals surface area contributed by atoms with Gasteiger partial charge in [0.1, 0.15) is 0 Å². The lowest BCUT2D eigenvalue weighted by atomic mass is 10.00. The molecular weight excluding hydrogens is 412 g/mol. The zero-order valence-corrected chi connectivity index (χ0v) is 18.7. The van der Waals surface area contributed by atoms with Crippen molar-refractivity contribution in [3.05, 3.63) is 101 Å². The largest absolute Gasteiger partial charge is 0.326 e. The predicted octanol–water partition coefficient (Wildman–Crippen LogP) is 4.05. The molecule has 1 aliphatic rings. The van der Waals surface area contributed by atoms with Gasteiger partial charge < -0.3 is 21.3 Å². The molecule has 3 aromatic carbocycles. The van der Waals surface area contributed by atoms with Crippen LogP contribution in [0.5, 0.6) is 0 Å². The summed E-state index contributed by atoms with van der Waals surface area (Å²) in [6.45, 7) is 2.34. The third kappa shape index (κ3) is 5.37. The molecule has 0 radical (unpaired) electrons. The van der Waals surface area contributed by atoms with Crippen LogP contribution in [0.4, 0.5) is 11.4 Å². The van der Waals surface area contributed by atoms with Crippen LogP contribution in [0, 0.1) is 0 Å². The Labute approximate surface area is 194 Å². The van der Waals surface area contributed by atoms with Gasteiger partial charge in [-0.15, -0.1) is 0 Å². The van der Waals surface area contributed by atoms with Crippen molar-refractivity contribution in [1.29, 1.82) is 0 Å². The molecule has 0 saturated carbocycles. The minimum atomic E-state index is -0.231. The fourth-order valence-corrected chi connectivity index (χ4v) is 3.79. The minimum Gasteiger partial charge on any atom is -0.326 e. The summed E-state index contributed by atoms with van der Waals surface area (Å²) in [5.41, 5.74) is 11.6. The highest BCUT2D eigenvalue weighted by molar-refractivity contribution is 6.08. The number of nitrogens with one attached hydrogen (secondary N) is 2. The number of hydrogen-bond acceptors (Lipinski definition) is 4. The monoisotopic (exact) mass is 440 g/mol. The van der Waals surface area contributed by atoms with Gasteiger partial charge in [-0.3, -0.25) is 9.59 Å². The molecule has 3 aromatic rings. The van der Waals surface area contributed by atoms with Gasteiger partial charge in [-0.25, -0.2) is 0 Å². The summed E-state index contributed by atoms with van der Waals surface area (Å²) in [5.74, 6) is -0.362. The lowest BCUT2D eigenvalue weighted by molar-refractivity contribution is 0.0989. The van der Waals surface area contributed by atoms with E-state index in [4.69, 9.17) is 5.73 Å². The van der Waals surface area contributed by atoms with Crippen molar-refractivity contribution in [3.63, 3.8) is 0 Å². The molecule has 1 aliphatic heterocycles. The minimum absolute atomic E-state index is 0.131. The van der Waals surface area contributed by atoms with E-state index in [1.165, 1.54) is 11.1 Å². The van der Waals surface area contributed by atoms with Gasteiger partial charge in [0, 0.05) is 42.6 Å². The van der Waals surface area contributed by atoms with Gasteiger partial charge >= 0.3 is 0 Å². The van der Waals surface area contributed by atoms with E-state index in [1.807, 2.05) is 36.4 Å². The first-order valence-corrected chi connectivity index (χ1v) is 11.0. The smallest absolute Gasteiger partial charge is 0.258 e. The third-order valence-electron chi connectivity index (χ3n) is 5.84. The number of rotatable bonds is 6. The van der Waals surface area contributed by atoms with Crippen LogP contribution in [-0.4, -0.2) is 32.0 Å². The highest BCUT2D eigenvalue weighted by Crippen LogP contribution is 2.23. The maximum Gasteiger partial charge on any atom is 0.258 e.